The molecule has 8 heteroatoms. The van der Waals surface area contributed by atoms with Crippen LogP contribution in [0.15, 0.2) is 48.1 Å². The zero-order valence-corrected chi connectivity index (χ0v) is 15.5. The fourth-order valence-electron chi connectivity index (χ4n) is 2.43. The SMILES string of the molecule is CC.Nc1nc(-c2ccncc2F)nc2c(Nc3cccc(F)c3)csc12. The van der Waals surface area contributed by atoms with E-state index in [-0.39, 0.29) is 23.0 Å². The highest BCUT2D eigenvalue weighted by Crippen LogP contribution is 2.35. The molecule has 0 amide bonds. The number of anilines is 3. The Morgan fingerprint density at radius 3 is 2.67 bits per heavy atom. The fraction of sp³-hybridized carbons (Fsp3) is 0.105. The highest BCUT2D eigenvalue weighted by molar-refractivity contribution is 7.18. The molecule has 0 radical (unpaired) electrons. The minimum atomic E-state index is -0.531. The number of nitrogens with one attached hydrogen (secondary N) is 1. The van der Waals surface area contributed by atoms with E-state index in [1.807, 2.05) is 19.2 Å². The summed E-state index contributed by atoms with van der Waals surface area (Å²) in [7, 11) is 0. The Morgan fingerprint density at radius 2 is 1.93 bits per heavy atom. The topological polar surface area (TPSA) is 76.7 Å². The van der Waals surface area contributed by atoms with Crippen molar-refractivity contribution in [3.63, 3.8) is 0 Å². The summed E-state index contributed by atoms with van der Waals surface area (Å²) in [5.41, 5.74) is 8.00. The Hall–Kier alpha value is -3.13. The first-order valence-electron chi connectivity index (χ1n) is 8.29. The smallest absolute Gasteiger partial charge is 0.165 e. The van der Waals surface area contributed by atoms with Crippen LogP contribution in [0.1, 0.15) is 13.8 Å². The molecule has 0 saturated carbocycles. The third-order valence-electron chi connectivity index (χ3n) is 3.56. The molecule has 0 aliphatic carbocycles. The summed E-state index contributed by atoms with van der Waals surface area (Å²) >= 11 is 1.36. The Morgan fingerprint density at radius 1 is 1.11 bits per heavy atom. The zero-order chi connectivity index (χ0) is 19.4. The van der Waals surface area contributed by atoms with Gasteiger partial charge in [0.05, 0.1) is 22.1 Å². The molecule has 3 heterocycles. The van der Waals surface area contributed by atoms with Gasteiger partial charge < -0.3 is 11.1 Å². The van der Waals surface area contributed by atoms with Gasteiger partial charge in [-0.25, -0.2) is 18.7 Å². The Kier molecular flexibility index (Phi) is 5.56. The van der Waals surface area contributed by atoms with Crippen LogP contribution in [0.5, 0.6) is 0 Å². The van der Waals surface area contributed by atoms with E-state index in [0.717, 1.165) is 6.20 Å². The van der Waals surface area contributed by atoms with Gasteiger partial charge in [-0.3, -0.25) is 4.98 Å². The number of nitrogens with zero attached hydrogens (tertiary/aromatic N) is 3. The van der Waals surface area contributed by atoms with Crippen LogP contribution < -0.4 is 11.1 Å². The molecule has 0 atom stereocenters. The molecule has 138 valence electrons. The molecule has 5 nitrogen and oxygen atoms in total. The van der Waals surface area contributed by atoms with Crippen molar-refractivity contribution in [2.45, 2.75) is 13.8 Å². The van der Waals surface area contributed by atoms with Crippen molar-refractivity contribution in [3.8, 4) is 11.4 Å². The first kappa shape index (κ1) is 18.7. The predicted molar refractivity (Wildman–Crippen MR) is 106 cm³/mol. The molecule has 0 unspecified atom stereocenters. The van der Waals surface area contributed by atoms with Gasteiger partial charge in [0.15, 0.2) is 11.6 Å². The van der Waals surface area contributed by atoms with Crippen LogP contribution in [-0.4, -0.2) is 15.0 Å². The summed E-state index contributed by atoms with van der Waals surface area (Å²) in [6.45, 7) is 4.00. The number of fused-ring (bicyclic) bond motifs is 1. The molecule has 3 N–H and O–H groups in total. The normalized spacial score (nSPS) is 10.4. The average molecular weight is 385 g/mol. The van der Waals surface area contributed by atoms with Crippen LogP contribution in [0.25, 0.3) is 21.6 Å². The van der Waals surface area contributed by atoms with Crippen molar-refractivity contribution < 1.29 is 8.78 Å². The number of nitrogens with two attached hydrogens (primary N) is 1. The molecule has 0 bridgehead atoms. The van der Waals surface area contributed by atoms with Crippen molar-refractivity contribution in [2.75, 3.05) is 11.1 Å². The largest absolute Gasteiger partial charge is 0.382 e. The second-order valence-electron chi connectivity index (χ2n) is 5.25. The number of halogens is 2. The maximum atomic E-state index is 14.0. The van der Waals surface area contributed by atoms with Gasteiger partial charge in [0.1, 0.15) is 17.2 Å². The van der Waals surface area contributed by atoms with E-state index < -0.39 is 5.82 Å². The van der Waals surface area contributed by atoms with Crippen LogP contribution in [0, 0.1) is 11.6 Å². The lowest BCUT2D eigenvalue weighted by Crippen LogP contribution is -1.99. The molecule has 0 saturated heterocycles. The minimum Gasteiger partial charge on any atom is -0.382 e. The predicted octanol–water partition coefficient (Wildman–Crippen LogP) is 5.38. The van der Waals surface area contributed by atoms with Crippen LogP contribution in [0.2, 0.25) is 0 Å². The van der Waals surface area contributed by atoms with E-state index in [1.54, 1.807) is 12.1 Å². The van der Waals surface area contributed by atoms with Crippen LogP contribution in [0.3, 0.4) is 0 Å². The summed E-state index contributed by atoms with van der Waals surface area (Å²) in [6, 6.07) is 7.56. The van der Waals surface area contributed by atoms with Gasteiger partial charge in [-0.1, -0.05) is 19.9 Å². The van der Waals surface area contributed by atoms with Crippen molar-refractivity contribution in [3.05, 3.63) is 59.7 Å². The van der Waals surface area contributed by atoms with Crippen molar-refractivity contribution in [2.24, 2.45) is 0 Å². The summed E-state index contributed by atoms with van der Waals surface area (Å²) in [6.07, 6.45) is 2.56. The second-order valence-corrected chi connectivity index (χ2v) is 6.13. The Labute approximate surface area is 158 Å². The number of thiophene rings is 1. The van der Waals surface area contributed by atoms with Crippen molar-refractivity contribution in [1.82, 2.24) is 15.0 Å². The van der Waals surface area contributed by atoms with Gasteiger partial charge in [-0.15, -0.1) is 11.3 Å². The van der Waals surface area contributed by atoms with E-state index in [0.29, 0.717) is 21.6 Å². The molecule has 0 spiro atoms. The van der Waals surface area contributed by atoms with Gasteiger partial charge in [-0.2, -0.15) is 0 Å². The maximum Gasteiger partial charge on any atom is 0.165 e. The molecular formula is C19H17F2N5S. The number of hydrogen-bond acceptors (Lipinski definition) is 6. The molecule has 0 fully saturated rings. The van der Waals surface area contributed by atoms with E-state index >= 15 is 0 Å². The molecular weight excluding hydrogens is 368 g/mol. The van der Waals surface area contributed by atoms with Gasteiger partial charge in [0.2, 0.25) is 0 Å². The van der Waals surface area contributed by atoms with Crippen molar-refractivity contribution >= 4 is 38.7 Å². The number of benzene rings is 1. The maximum absolute atomic E-state index is 14.0. The Balaban J connectivity index is 0.00000102. The highest BCUT2D eigenvalue weighted by atomic mass is 32.1. The summed E-state index contributed by atoms with van der Waals surface area (Å²) in [5.74, 6) is -0.451. The lowest BCUT2D eigenvalue weighted by Gasteiger charge is -2.07. The fourth-order valence-corrected chi connectivity index (χ4v) is 3.27. The van der Waals surface area contributed by atoms with Gasteiger partial charge >= 0.3 is 0 Å². The van der Waals surface area contributed by atoms with Gasteiger partial charge in [-0.05, 0) is 24.3 Å². The lowest BCUT2D eigenvalue weighted by molar-refractivity contribution is 0.623. The first-order valence-corrected chi connectivity index (χ1v) is 9.17. The average Bonchev–Trinajstić information content (AvgIpc) is 3.07. The standard InChI is InChI=1S/C17H11F2N5S.C2H6/c18-9-2-1-3-10(6-9)22-13-8-25-15-14(13)23-17(24-16(15)20)11-4-5-21-7-12(11)19;1-2/h1-8,22H,(H2,20,23,24);1-2H3. The highest BCUT2D eigenvalue weighted by Gasteiger charge is 2.15. The number of pyridine rings is 1. The third kappa shape index (κ3) is 3.85. The number of aromatic nitrogens is 3. The van der Waals surface area contributed by atoms with Gasteiger partial charge in [0.25, 0.3) is 0 Å². The monoisotopic (exact) mass is 385 g/mol. The number of nitrogen functional groups attached to an aromatic ring is 1. The molecule has 3 aromatic heterocycles. The van der Waals surface area contributed by atoms with E-state index in [4.69, 9.17) is 5.73 Å². The second kappa shape index (κ2) is 8.05. The van der Waals surface area contributed by atoms with E-state index in [2.05, 4.69) is 20.3 Å². The van der Waals surface area contributed by atoms with E-state index in [1.165, 1.54) is 35.7 Å². The quantitative estimate of drug-likeness (QED) is 0.495. The Bertz CT molecular complexity index is 1080. The molecule has 4 rings (SSSR count). The molecule has 4 aromatic rings. The minimum absolute atomic E-state index is 0.172. The molecule has 0 aliphatic heterocycles. The number of rotatable bonds is 3. The number of hydrogen-bond donors (Lipinski definition) is 2. The molecule has 1 aromatic carbocycles. The van der Waals surface area contributed by atoms with Crippen LogP contribution in [0.4, 0.5) is 26.0 Å². The van der Waals surface area contributed by atoms with Gasteiger partial charge in [0, 0.05) is 17.3 Å². The van der Waals surface area contributed by atoms with Crippen LogP contribution in [-0.2, 0) is 0 Å². The summed E-state index contributed by atoms with van der Waals surface area (Å²) in [5, 5.41) is 4.92. The molecule has 0 aliphatic rings. The van der Waals surface area contributed by atoms with Crippen LogP contribution >= 0.6 is 11.3 Å². The summed E-state index contributed by atoms with van der Waals surface area (Å²) in [4.78, 5) is 12.3. The lowest BCUT2D eigenvalue weighted by atomic mass is 10.2. The third-order valence-corrected chi connectivity index (χ3v) is 4.55. The van der Waals surface area contributed by atoms with E-state index in [9.17, 15) is 8.78 Å². The zero-order valence-electron chi connectivity index (χ0n) is 14.7. The molecule has 27 heavy (non-hydrogen) atoms. The van der Waals surface area contributed by atoms with Crippen molar-refractivity contribution in [1.29, 1.82) is 0 Å². The first-order chi connectivity index (χ1) is 13.1. The summed E-state index contributed by atoms with van der Waals surface area (Å²) < 4.78 is 28.0.